The molecule has 0 fully saturated rings. The maximum atomic E-state index is 14.0. The first-order valence-electron chi connectivity index (χ1n) is 14.8. The Morgan fingerprint density at radius 2 is 1.28 bits per heavy atom. The van der Waals surface area contributed by atoms with E-state index in [1.807, 2.05) is 84.3 Å². The molecule has 6 rings (SSSR count). The van der Waals surface area contributed by atoms with Crippen LogP contribution in [0, 0.1) is 6.92 Å². The monoisotopic (exact) mass is 610 g/mol. The van der Waals surface area contributed by atoms with Gasteiger partial charge in [0, 0.05) is 57.9 Å². The first-order valence-corrected chi connectivity index (χ1v) is 14.8. The van der Waals surface area contributed by atoms with Gasteiger partial charge in [0.15, 0.2) is 11.5 Å². The number of esters is 1. The molecule has 228 valence electrons. The van der Waals surface area contributed by atoms with Gasteiger partial charge in [0.2, 0.25) is 5.78 Å². The number of fused-ring (bicyclic) bond motifs is 4. The smallest absolute Gasteiger partial charge is 0.332 e. The number of benzene rings is 5. The molecule has 1 heterocycles. The number of ether oxygens (including phenoxy) is 1. The van der Waals surface area contributed by atoms with Crippen LogP contribution in [0.4, 0.5) is 0 Å². The van der Waals surface area contributed by atoms with Gasteiger partial charge < -0.3 is 14.1 Å². The van der Waals surface area contributed by atoms with Crippen molar-refractivity contribution in [3.05, 3.63) is 131 Å². The number of ketones is 2. The maximum Gasteiger partial charge on any atom is 0.332 e. The lowest BCUT2D eigenvalue weighted by Gasteiger charge is -2.10. The summed E-state index contributed by atoms with van der Waals surface area (Å²) in [7, 11) is 0. The van der Waals surface area contributed by atoms with E-state index in [1.54, 1.807) is 30.3 Å². The van der Waals surface area contributed by atoms with E-state index in [0.29, 0.717) is 28.8 Å². The number of aromatic nitrogens is 1. The molecular formula is C38H30N2O6. The number of Topliss-reactive ketones (excluding diaryl/α,β-unsaturated/α-hetero) is 1. The quantitative estimate of drug-likeness (QED) is 0.0564. The van der Waals surface area contributed by atoms with Gasteiger partial charge in [-0.3, -0.25) is 14.4 Å². The second-order valence-electron chi connectivity index (χ2n) is 11.0. The molecule has 0 radical (unpaired) electrons. The van der Waals surface area contributed by atoms with Crippen LogP contribution in [0.5, 0.6) is 0 Å². The molecule has 0 aliphatic rings. The van der Waals surface area contributed by atoms with Gasteiger partial charge in [-0.2, -0.15) is 0 Å². The number of oxime groups is 1. The molecule has 6 aromatic rings. The Morgan fingerprint density at radius 3 is 1.98 bits per heavy atom. The predicted octanol–water partition coefficient (Wildman–Crippen LogP) is 7.20. The molecule has 8 heteroatoms. The van der Waals surface area contributed by atoms with E-state index in [4.69, 9.17) is 9.57 Å². The molecule has 8 nitrogen and oxygen atoms in total. The standard InChI is InChI=1S/C38H30N2O6/c1-23-8-4-7-11-31(23)36(39-46-25(3)42)38(44)30-15-17-35-33(22-30)32-21-29(14-16-34(32)40(35)18-19-45-24(2)41)37(43)28-13-12-26-9-5-6-10-27(26)20-28/h4-17,20-22H,18-19H2,1-3H3/b39-36+. The van der Waals surface area contributed by atoms with E-state index in [9.17, 15) is 19.2 Å². The SMILES string of the molecule is CC(=O)OCCn1c2ccc(C(=O)/C(=N/OC(C)=O)c3ccccc3C)cc2c2cc(C(=O)c3ccc4ccccc4c3)ccc21. The van der Waals surface area contributed by atoms with Crippen molar-refractivity contribution >= 4 is 61.8 Å². The second kappa shape index (κ2) is 12.6. The van der Waals surface area contributed by atoms with Crippen LogP contribution >= 0.6 is 0 Å². The van der Waals surface area contributed by atoms with Crippen molar-refractivity contribution in [1.29, 1.82) is 0 Å². The number of nitrogens with zero attached hydrogens (tertiary/aromatic N) is 2. The Hall–Kier alpha value is -5.89. The van der Waals surface area contributed by atoms with Gasteiger partial charge in [0.1, 0.15) is 6.61 Å². The fraction of sp³-hybridized carbons (Fsp3) is 0.132. The predicted molar refractivity (Wildman–Crippen MR) is 177 cm³/mol. The summed E-state index contributed by atoms with van der Waals surface area (Å²) in [5.74, 6) is -1.58. The Bertz CT molecular complexity index is 2230. The molecule has 5 aromatic carbocycles. The highest BCUT2D eigenvalue weighted by Gasteiger charge is 2.22. The van der Waals surface area contributed by atoms with E-state index in [2.05, 4.69) is 5.16 Å². The topological polar surface area (TPSA) is 104 Å². The fourth-order valence-electron chi connectivity index (χ4n) is 5.70. The van der Waals surface area contributed by atoms with E-state index < -0.39 is 11.8 Å². The van der Waals surface area contributed by atoms with Crippen LogP contribution in [0.15, 0.2) is 108 Å². The number of hydrogen-bond acceptors (Lipinski definition) is 7. The third kappa shape index (κ3) is 5.93. The van der Waals surface area contributed by atoms with Crippen molar-refractivity contribution < 1.29 is 28.8 Å². The van der Waals surface area contributed by atoms with Gasteiger partial charge in [0.05, 0.1) is 6.54 Å². The molecule has 0 spiro atoms. The number of rotatable bonds is 9. The highest BCUT2D eigenvalue weighted by atomic mass is 16.7. The van der Waals surface area contributed by atoms with Gasteiger partial charge in [0.25, 0.3) is 0 Å². The summed E-state index contributed by atoms with van der Waals surface area (Å²) in [5.41, 5.74) is 4.33. The highest BCUT2D eigenvalue weighted by Crippen LogP contribution is 2.32. The average molecular weight is 611 g/mol. The summed E-state index contributed by atoms with van der Waals surface area (Å²) in [5, 5.41) is 7.45. The molecule has 0 bridgehead atoms. The van der Waals surface area contributed by atoms with Crippen LogP contribution in [0.3, 0.4) is 0 Å². The summed E-state index contributed by atoms with van der Waals surface area (Å²) in [6.45, 7) is 4.95. The molecule has 0 atom stereocenters. The van der Waals surface area contributed by atoms with Crippen LogP contribution < -0.4 is 0 Å². The number of carbonyl (C=O) groups is 4. The van der Waals surface area contributed by atoms with Crippen molar-refractivity contribution in [3.8, 4) is 0 Å². The zero-order valence-electron chi connectivity index (χ0n) is 25.6. The van der Waals surface area contributed by atoms with Crippen molar-refractivity contribution in [3.63, 3.8) is 0 Å². The fourth-order valence-corrected chi connectivity index (χ4v) is 5.70. The summed E-state index contributed by atoms with van der Waals surface area (Å²) >= 11 is 0. The van der Waals surface area contributed by atoms with Crippen molar-refractivity contribution in [1.82, 2.24) is 4.57 Å². The third-order valence-corrected chi connectivity index (χ3v) is 7.90. The van der Waals surface area contributed by atoms with Crippen molar-refractivity contribution in [2.24, 2.45) is 5.16 Å². The minimum Gasteiger partial charge on any atom is -0.464 e. The van der Waals surface area contributed by atoms with Crippen LogP contribution in [0.2, 0.25) is 0 Å². The summed E-state index contributed by atoms with van der Waals surface area (Å²) in [6, 6.07) is 31.5. The molecule has 0 unspecified atom stereocenters. The first-order chi connectivity index (χ1) is 22.2. The van der Waals surface area contributed by atoms with Gasteiger partial charge in [-0.1, -0.05) is 65.8 Å². The Kier molecular flexibility index (Phi) is 8.27. The van der Waals surface area contributed by atoms with Gasteiger partial charge in [-0.05, 0) is 65.7 Å². The van der Waals surface area contributed by atoms with Crippen LogP contribution in [-0.4, -0.2) is 40.4 Å². The molecule has 0 amide bonds. The molecule has 0 aliphatic heterocycles. The average Bonchev–Trinajstić information content (AvgIpc) is 3.36. The second-order valence-corrected chi connectivity index (χ2v) is 11.0. The lowest BCUT2D eigenvalue weighted by atomic mass is 9.96. The van der Waals surface area contributed by atoms with Crippen LogP contribution in [0.25, 0.3) is 32.6 Å². The minimum atomic E-state index is -0.645. The van der Waals surface area contributed by atoms with Crippen LogP contribution in [0.1, 0.15) is 51.3 Å². The van der Waals surface area contributed by atoms with Gasteiger partial charge >= 0.3 is 11.9 Å². The van der Waals surface area contributed by atoms with Gasteiger partial charge in [-0.25, -0.2) is 4.79 Å². The number of aryl methyl sites for hydroxylation is 1. The highest BCUT2D eigenvalue weighted by molar-refractivity contribution is 6.51. The zero-order chi connectivity index (χ0) is 32.4. The lowest BCUT2D eigenvalue weighted by molar-refractivity contribution is -0.142. The summed E-state index contributed by atoms with van der Waals surface area (Å²) in [6.07, 6.45) is 0. The Balaban J connectivity index is 1.48. The number of hydrogen-bond donors (Lipinski definition) is 0. The molecule has 0 saturated heterocycles. The normalized spacial score (nSPS) is 11.6. The van der Waals surface area contributed by atoms with E-state index in [-0.39, 0.29) is 24.1 Å². The molecule has 1 aromatic heterocycles. The Labute approximate surface area is 264 Å². The molecule has 0 aliphatic carbocycles. The van der Waals surface area contributed by atoms with Gasteiger partial charge in [-0.15, -0.1) is 0 Å². The Morgan fingerprint density at radius 1 is 0.674 bits per heavy atom. The van der Waals surface area contributed by atoms with Crippen LogP contribution in [-0.2, 0) is 25.7 Å². The molecule has 0 saturated carbocycles. The maximum absolute atomic E-state index is 14.0. The first kappa shape index (κ1) is 30.1. The third-order valence-electron chi connectivity index (χ3n) is 7.90. The van der Waals surface area contributed by atoms with E-state index >= 15 is 0 Å². The van der Waals surface area contributed by atoms with E-state index in [0.717, 1.165) is 38.1 Å². The molecule has 0 N–H and O–H groups in total. The molecule has 46 heavy (non-hydrogen) atoms. The molecular weight excluding hydrogens is 580 g/mol. The minimum absolute atomic E-state index is 0.00147. The summed E-state index contributed by atoms with van der Waals surface area (Å²) in [4.78, 5) is 55.8. The lowest BCUT2D eigenvalue weighted by Crippen LogP contribution is -2.18. The summed E-state index contributed by atoms with van der Waals surface area (Å²) < 4.78 is 7.24. The largest absolute Gasteiger partial charge is 0.464 e. The van der Waals surface area contributed by atoms with Crippen molar-refractivity contribution in [2.75, 3.05) is 6.61 Å². The number of carbonyl (C=O) groups excluding carboxylic acids is 4. The van der Waals surface area contributed by atoms with E-state index in [1.165, 1.54) is 13.8 Å². The van der Waals surface area contributed by atoms with Crippen molar-refractivity contribution in [2.45, 2.75) is 27.3 Å². The zero-order valence-corrected chi connectivity index (χ0v) is 25.6.